The van der Waals surface area contributed by atoms with Gasteiger partial charge < -0.3 is 5.11 Å². The topological polar surface area (TPSA) is 66.4 Å². The molecule has 2 aromatic rings. The molecule has 0 atom stereocenters. The molecule has 0 aromatic heterocycles. The molecule has 2 N–H and O–H groups in total. The van der Waals surface area contributed by atoms with Crippen LogP contribution in [0.3, 0.4) is 0 Å². The molecule has 8 heteroatoms. The van der Waals surface area contributed by atoms with Crippen LogP contribution < -0.4 is 4.72 Å². The summed E-state index contributed by atoms with van der Waals surface area (Å²) in [5.41, 5.74) is 0.149. The van der Waals surface area contributed by atoms with Crippen LogP contribution in [0, 0.1) is 5.82 Å². The van der Waals surface area contributed by atoms with Crippen LogP contribution in [0.1, 0.15) is 5.56 Å². The molecule has 2 aromatic carbocycles. The van der Waals surface area contributed by atoms with Gasteiger partial charge in [0.05, 0.1) is 27.2 Å². The number of halogens is 3. The monoisotopic (exact) mass is 349 g/mol. The Morgan fingerprint density at radius 3 is 2.48 bits per heavy atom. The number of benzene rings is 2. The van der Waals surface area contributed by atoms with E-state index in [1.54, 1.807) is 12.1 Å². The number of nitrogens with one attached hydrogen (secondary N) is 1. The van der Waals surface area contributed by atoms with Crippen LogP contribution >= 0.6 is 23.2 Å². The summed E-state index contributed by atoms with van der Waals surface area (Å²) in [5, 5.41) is 8.97. The van der Waals surface area contributed by atoms with Gasteiger partial charge in [-0.25, -0.2) is 12.8 Å². The molecular weight excluding hydrogens is 340 g/mol. The fourth-order valence-corrected chi connectivity index (χ4v) is 3.19. The molecule has 0 radical (unpaired) electrons. The van der Waals surface area contributed by atoms with Crippen LogP contribution in [0.15, 0.2) is 41.3 Å². The van der Waals surface area contributed by atoms with Gasteiger partial charge in [-0.3, -0.25) is 4.72 Å². The number of hydrogen-bond donors (Lipinski definition) is 2. The van der Waals surface area contributed by atoms with Crippen molar-refractivity contribution in [2.24, 2.45) is 0 Å². The van der Waals surface area contributed by atoms with Gasteiger partial charge in [0, 0.05) is 5.56 Å². The Labute approximate surface area is 131 Å². The van der Waals surface area contributed by atoms with Crippen LogP contribution in [0.4, 0.5) is 10.1 Å². The maximum atomic E-state index is 13.6. The van der Waals surface area contributed by atoms with Crippen molar-refractivity contribution in [3.8, 4) is 0 Å². The van der Waals surface area contributed by atoms with Crippen LogP contribution in [-0.2, 0) is 16.6 Å². The first-order valence-corrected chi connectivity index (χ1v) is 7.95. The predicted molar refractivity (Wildman–Crippen MR) is 79.6 cm³/mol. The van der Waals surface area contributed by atoms with Crippen molar-refractivity contribution in [2.45, 2.75) is 11.5 Å². The first-order valence-electron chi connectivity index (χ1n) is 5.71. The molecule has 0 aliphatic heterocycles. The molecule has 0 aliphatic carbocycles. The van der Waals surface area contributed by atoms with E-state index in [1.165, 1.54) is 12.1 Å². The molecular formula is C13H10Cl2FNO3S. The van der Waals surface area contributed by atoms with Gasteiger partial charge in [0.2, 0.25) is 0 Å². The van der Waals surface area contributed by atoms with Crippen molar-refractivity contribution in [1.29, 1.82) is 0 Å². The third-order valence-electron chi connectivity index (χ3n) is 2.68. The van der Waals surface area contributed by atoms with Crippen LogP contribution in [0.5, 0.6) is 0 Å². The van der Waals surface area contributed by atoms with Gasteiger partial charge in [-0.2, -0.15) is 0 Å². The Kier molecular flexibility index (Phi) is 4.73. The standard InChI is InChI=1S/C13H10Cl2FNO3S/c14-10-3-1-2-4-12(10)17-21(19,20)9-5-8(7-18)13(15)11(16)6-9/h1-6,17-18H,7H2. The van der Waals surface area contributed by atoms with Crippen molar-refractivity contribution >= 4 is 38.9 Å². The second-order valence-electron chi connectivity index (χ2n) is 4.12. The number of sulfonamides is 1. The summed E-state index contributed by atoms with van der Waals surface area (Å²) >= 11 is 11.5. The van der Waals surface area contributed by atoms with Gasteiger partial charge in [0.15, 0.2) is 0 Å². The number of aliphatic hydroxyl groups is 1. The maximum absolute atomic E-state index is 13.6. The Morgan fingerprint density at radius 1 is 1.19 bits per heavy atom. The molecule has 2 rings (SSSR count). The van der Waals surface area contributed by atoms with Crippen molar-refractivity contribution in [3.63, 3.8) is 0 Å². The van der Waals surface area contributed by atoms with E-state index in [9.17, 15) is 12.8 Å². The van der Waals surface area contributed by atoms with E-state index in [0.717, 1.165) is 12.1 Å². The Balaban J connectivity index is 2.45. The van der Waals surface area contributed by atoms with Gasteiger partial charge in [-0.15, -0.1) is 0 Å². The highest BCUT2D eigenvalue weighted by Gasteiger charge is 2.19. The average molecular weight is 350 g/mol. The highest BCUT2D eigenvalue weighted by Crippen LogP contribution is 2.27. The Morgan fingerprint density at radius 2 is 1.86 bits per heavy atom. The summed E-state index contributed by atoms with van der Waals surface area (Å²) in [6.45, 7) is -0.578. The minimum Gasteiger partial charge on any atom is -0.392 e. The van der Waals surface area contributed by atoms with E-state index in [1.807, 2.05) is 0 Å². The van der Waals surface area contributed by atoms with Crippen molar-refractivity contribution in [2.75, 3.05) is 4.72 Å². The summed E-state index contributed by atoms with van der Waals surface area (Å²) in [6.07, 6.45) is 0. The molecule has 4 nitrogen and oxygen atoms in total. The zero-order chi connectivity index (χ0) is 15.6. The first kappa shape index (κ1) is 16.0. The van der Waals surface area contributed by atoms with Gasteiger partial charge >= 0.3 is 0 Å². The second-order valence-corrected chi connectivity index (χ2v) is 6.59. The second kappa shape index (κ2) is 6.19. The lowest BCUT2D eigenvalue weighted by atomic mass is 10.2. The van der Waals surface area contributed by atoms with Gasteiger partial charge in [0.25, 0.3) is 10.0 Å². The van der Waals surface area contributed by atoms with Crippen LogP contribution in [0.2, 0.25) is 10.0 Å². The number of aliphatic hydroxyl groups excluding tert-OH is 1. The SMILES string of the molecule is O=S(=O)(Nc1ccccc1Cl)c1cc(F)c(Cl)c(CO)c1. The molecule has 0 spiro atoms. The van der Waals surface area contributed by atoms with E-state index in [-0.39, 0.29) is 26.2 Å². The van der Waals surface area contributed by atoms with Gasteiger partial charge in [-0.1, -0.05) is 35.3 Å². The lowest BCUT2D eigenvalue weighted by Crippen LogP contribution is -2.14. The number of para-hydroxylation sites is 1. The van der Waals surface area contributed by atoms with Crippen LogP contribution in [0.25, 0.3) is 0 Å². The van der Waals surface area contributed by atoms with Crippen molar-refractivity contribution in [3.05, 3.63) is 57.8 Å². The molecule has 0 saturated carbocycles. The molecule has 0 aliphatic rings. The highest BCUT2D eigenvalue weighted by atomic mass is 35.5. The lowest BCUT2D eigenvalue weighted by Gasteiger charge is -2.11. The minimum atomic E-state index is -4.05. The normalized spacial score (nSPS) is 11.4. The largest absolute Gasteiger partial charge is 0.392 e. The van der Waals surface area contributed by atoms with Gasteiger partial charge in [-0.05, 0) is 24.3 Å². The van der Waals surface area contributed by atoms with Crippen molar-refractivity contribution < 1.29 is 17.9 Å². The fraction of sp³-hybridized carbons (Fsp3) is 0.0769. The molecule has 112 valence electrons. The summed E-state index contributed by atoms with van der Waals surface area (Å²) in [5.74, 6) is -0.928. The third kappa shape index (κ3) is 3.47. The third-order valence-corrected chi connectivity index (χ3v) is 4.77. The van der Waals surface area contributed by atoms with E-state index >= 15 is 0 Å². The zero-order valence-electron chi connectivity index (χ0n) is 10.5. The first-order chi connectivity index (χ1) is 9.85. The summed E-state index contributed by atoms with van der Waals surface area (Å²) in [7, 11) is -4.05. The lowest BCUT2D eigenvalue weighted by molar-refractivity contribution is 0.281. The zero-order valence-corrected chi connectivity index (χ0v) is 12.8. The number of rotatable bonds is 4. The molecule has 0 unspecified atom stereocenters. The van der Waals surface area contributed by atoms with Gasteiger partial charge in [0.1, 0.15) is 5.82 Å². The van der Waals surface area contributed by atoms with E-state index in [4.69, 9.17) is 28.3 Å². The average Bonchev–Trinajstić information content (AvgIpc) is 2.44. The van der Waals surface area contributed by atoms with Crippen molar-refractivity contribution in [1.82, 2.24) is 0 Å². The quantitative estimate of drug-likeness (QED) is 0.888. The Bertz CT molecular complexity index is 781. The summed E-state index contributed by atoms with van der Waals surface area (Å²) in [4.78, 5) is -0.353. The number of hydrogen-bond acceptors (Lipinski definition) is 3. The van der Waals surface area contributed by atoms with E-state index < -0.39 is 22.4 Å². The van der Waals surface area contributed by atoms with Crippen LogP contribution in [-0.4, -0.2) is 13.5 Å². The molecule has 0 heterocycles. The summed E-state index contributed by atoms with van der Waals surface area (Å²) < 4.78 is 40.3. The predicted octanol–water partition coefficient (Wildman–Crippen LogP) is 3.43. The van der Waals surface area contributed by atoms with E-state index in [2.05, 4.69) is 4.72 Å². The Hall–Kier alpha value is -1.34. The minimum absolute atomic E-state index is 0.0174. The molecule has 0 saturated heterocycles. The van der Waals surface area contributed by atoms with E-state index in [0.29, 0.717) is 0 Å². The molecule has 21 heavy (non-hydrogen) atoms. The molecule has 0 fully saturated rings. The smallest absolute Gasteiger partial charge is 0.262 e. The number of anilines is 1. The fourth-order valence-electron chi connectivity index (χ4n) is 1.64. The summed E-state index contributed by atoms with van der Waals surface area (Å²) in [6, 6.07) is 8.11. The molecule has 0 bridgehead atoms. The highest BCUT2D eigenvalue weighted by molar-refractivity contribution is 7.92. The maximum Gasteiger partial charge on any atom is 0.262 e. The molecule has 0 amide bonds.